The van der Waals surface area contributed by atoms with Crippen molar-refractivity contribution in [3.63, 3.8) is 0 Å². The molecule has 4 nitrogen and oxygen atoms in total. The first-order chi connectivity index (χ1) is 5.07. The number of nitrogens with two attached hydrogens (primary N) is 1. The zero-order valence-electron chi connectivity index (χ0n) is 7.13. The van der Waals surface area contributed by atoms with E-state index in [1.807, 2.05) is 19.0 Å². The van der Waals surface area contributed by atoms with Crippen LogP contribution in [0.25, 0.3) is 0 Å². The van der Waals surface area contributed by atoms with Gasteiger partial charge >= 0.3 is 6.03 Å². The van der Waals surface area contributed by atoms with Crippen LogP contribution in [-0.4, -0.2) is 30.4 Å². The molecule has 0 aliphatic rings. The van der Waals surface area contributed by atoms with Crippen molar-refractivity contribution in [2.24, 2.45) is 5.73 Å². The predicted octanol–water partition coefficient (Wildman–Crippen LogP) is 0.601. The summed E-state index contributed by atoms with van der Waals surface area (Å²) in [4.78, 5) is 12.3. The van der Waals surface area contributed by atoms with Crippen LogP contribution in [0.15, 0.2) is 0 Å². The highest BCUT2D eigenvalue weighted by Gasteiger charge is 2.09. The minimum absolute atomic E-state index is 0.294. The Hall–Kier alpha value is -0.420. The summed E-state index contributed by atoms with van der Waals surface area (Å²) in [6, 6.07) is -0.490. The van der Waals surface area contributed by atoms with E-state index in [1.54, 1.807) is 0 Å². The minimum Gasteiger partial charge on any atom is -0.351 e. The fourth-order valence-electron chi connectivity index (χ4n) is 0.680. The van der Waals surface area contributed by atoms with Crippen molar-refractivity contribution in [1.82, 2.24) is 9.62 Å². The topological polar surface area (TPSA) is 58.4 Å². The first kappa shape index (κ1) is 10.6. The molecule has 0 rings (SSSR count). The molecule has 0 aliphatic heterocycles. The molecule has 0 aromatic heterocycles. The van der Waals surface area contributed by atoms with E-state index in [0.717, 1.165) is 6.42 Å². The summed E-state index contributed by atoms with van der Waals surface area (Å²) >= 11 is 1.34. The van der Waals surface area contributed by atoms with Gasteiger partial charge in [-0.1, -0.05) is 6.92 Å². The summed E-state index contributed by atoms with van der Waals surface area (Å²) in [5, 5.41) is 0.294. The van der Waals surface area contributed by atoms with Crippen molar-refractivity contribution in [2.75, 3.05) is 14.1 Å². The van der Waals surface area contributed by atoms with E-state index >= 15 is 0 Å². The highest BCUT2D eigenvalue weighted by molar-refractivity contribution is 7.98. The molecule has 0 aromatic carbocycles. The molecule has 0 spiro atoms. The molecular weight excluding hydrogens is 162 g/mol. The van der Waals surface area contributed by atoms with Crippen LogP contribution < -0.4 is 10.5 Å². The summed E-state index contributed by atoms with van der Waals surface area (Å²) in [6.45, 7) is 2.06. The van der Waals surface area contributed by atoms with E-state index in [0.29, 0.717) is 5.37 Å². The van der Waals surface area contributed by atoms with E-state index in [-0.39, 0.29) is 0 Å². The second-order valence-electron chi connectivity index (χ2n) is 2.41. The third kappa shape index (κ3) is 4.92. The first-order valence-corrected chi connectivity index (χ1v) is 4.33. The number of nitrogens with zero attached hydrogens (tertiary/aromatic N) is 1. The monoisotopic (exact) mass is 177 g/mol. The van der Waals surface area contributed by atoms with E-state index in [9.17, 15) is 4.79 Å². The number of carbonyl (C=O) groups excluding carboxylic acids is 1. The lowest BCUT2D eigenvalue weighted by Gasteiger charge is -2.21. The van der Waals surface area contributed by atoms with Gasteiger partial charge in [0.25, 0.3) is 0 Å². The third-order valence-electron chi connectivity index (χ3n) is 1.22. The molecule has 0 heterocycles. The molecule has 0 fully saturated rings. The SMILES string of the molecule is CCC(SNC(N)=O)N(C)C. The van der Waals surface area contributed by atoms with E-state index in [1.165, 1.54) is 11.9 Å². The summed E-state index contributed by atoms with van der Waals surface area (Å²) in [5.41, 5.74) is 4.91. The Kier molecular flexibility index (Phi) is 5.06. The maximum absolute atomic E-state index is 10.3. The van der Waals surface area contributed by atoms with E-state index < -0.39 is 6.03 Å². The molecule has 5 heteroatoms. The fraction of sp³-hybridized carbons (Fsp3) is 0.833. The first-order valence-electron chi connectivity index (χ1n) is 3.45. The summed E-state index contributed by atoms with van der Waals surface area (Å²) < 4.78 is 2.49. The van der Waals surface area contributed by atoms with Gasteiger partial charge in [0.2, 0.25) is 0 Å². The van der Waals surface area contributed by atoms with Crippen molar-refractivity contribution in [1.29, 1.82) is 0 Å². The van der Waals surface area contributed by atoms with Gasteiger partial charge in [-0.15, -0.1) is 0 Å². The lowest BCUT2D eigenvalue weighted by atomic mass is 10.4. The molecule has 0 aromatic rings. The van der Waals surface area contributed by atoms with Crippen molar-refractivity contribution in [3.8, 4) is 0 Å². The molecular formula is C6H15N3OS. The standard InChI is InChI=1S/C6H15N3OS/c1-4-5(9(2)3)11-8-6(7)10/h5H,4H2,1-3H3,(H3,7,8,10). The lowest BCUT2D eigenvalue weighted by molar-refractivity contribution is 0.254. The molecule has 1 unspecified atom stereocenters. The minimum atomic E-state index is -0.490. The van der Waals surface area contributed by atoms with E-state index in [2.05, 4.69) is 11.6 Å². The number of rotatable bonds is 4. The Morgan fingerprint density at radius 3 is 2.55 bits per heavy atom. The van der Waals surface area contributed by atoms with Crippen molar-refractivity contribution < 1.29 is 4.79 Å². The number of nitrogens with one attached hydrogen (secondary N) is 1. The van der Waals surface area contributed by atoms with Crippen LogP contribution in [-0.2, 0) is 0 Å². The maximum atomic E-state index is 10.3. The van der Waals surface area contributed by atoms with Crippen molar-refractivity contribution in [2.45, 2.75) is 18.7 Å². The number of primary amides is 1. The zero-order valence-corrected chi connectivity index (χ0v) is 7.94. The fourth-order valence-corrected chi connectivity index (χ4v) is 1.31. The van der Waals surface area contributed by atoms with Gasteiger partial charge in [0, 0.05) is 0 Å². The van der Waals surface area contributed by atoms with Gasteiger partial charge < -0.3 is 5.73 Å². The average molecular weight is 177 g/mol. The van der Waals surface area contributed by atoms with Crippen molar-refractivity contribution in [3.05, 3.63) is 0 Å². The van der Waals surface area contributed by atoms with Crippen molar-refractivity contribution >= 4 is 18.0 Å². The molecule has 0 bridgehead atoms. The smallest absolute Gasteiger partial charge is 0.322 e. The van der Waals surface area contributed by atoms with Gasteiger partial charge in [0.05, 0.1) is 5.37 Å². The summed E-state index contributed by atoms with van der Waals surface area (Å²) in [5.74, 6) is 0. The average Bonchev–Trinajstić information content (AvgIpc) is 1.87. The second-order valence-corrected chi connectivity index (χ2v) is 3.39. The van der Waals surface area contributed by atoms with Crippen LogP contribution in [0.5, 0.6) is 0 Å². The number of hydrogen-bond acceptors (Lipinski definition) is 3. The Balaban J connectivity index is 3.61. The largest absolute Gasteiger partial charge is 0.351 e. The quantitative estimate of drug-likeness (QED) is 0.488. The Bertz CT molecular complexity index is 129. The molecule has 3 N–H and O–H groups in total. The van der Waals surface area contributed by atoms with Crippen LogP contribution in [0.2, 0.25) is 0 Å². The molecule has 0 aliphatic carbocycles. The zero-order chi connectivity index (χ0) is 8.85. The van der Waals surface area contributed by atoms with Gasteiger partial charge in [-0.25, -0.2) is 4.79 Å². The third-order valence-corrected chi connectivity index (χ3v) is 2.57. The summed E-state index contributed by atoms with van der Waals surface area (Å²) in [7, 11) is 3.92. The molecule has 0 saturated heterocycles. The Morgan fingerprint density at radius 1 is 1.73 bits per heavy atom. The molecule has 1 atom stereocenters. The van der Waals surface area contributed by atoms with Gasteiger partial charge in [-0.3, -0.25) is 9.62 Å². The van der Waals surface area contributed by atoms with Gasteiger partial charge in [-0.2, -0.15) is 0 Å². The van der Waals surface area contributed by atoms with Gasteiger partial charge in [0.15, 0.2) is 0 Å². The van der Waals surface area contributed by atoms with Crippen LogP contribution in [0.4, 0.5) is 4.79 Å². The van der Waals surface area contributed by atoms with Gasteiger partial charge in [-0.05, 0) is 32.5 Å². The maximum Gasteiger partial charge on any atom is 0.322 e. The summed E-state index contributed by atoms with van der Waals surface area (Å²) in [6.07, 6.45) is 0.970. The van der Waals surface area contributed by atoms with Crippen LogP contribution in [0, 0.1) is 0 Å². The van der Waals surface area contributed by atoms with E-state index in [4.69, 9.17) is 5.73 Å². The number of carbonyl (C=O) groups is 1. The number of amides is 2. The Labute approximate surface area is 71.6 Å². The lowest BCUT2D eigenvalue weighted by Crippen LogP contribution is -2.31. The Morgan fingerprint density at radius 2 is 2.27 bits per heavy atom. The van der Waals surface area contributed by atoms with Crippen LogP contribution in [0.1, 0.15) is 13.3 Å². The number of hydrogen-bond donors (Lipinski definition) is 2. The number of urea groups is 1. The molecule has 2 amide bonds. The van der Waals surface area contributed by atoms with Crippen LogP contribution >= 0.6 is 11.9 Å². The normalized spacial score (nSPS) is 13.1. The highest BCUT2D eigenvalue weighted by atomic mass is 32.2. The molecule has 0 radical (unpaired) electrons. The molecule has 66 valence electrons. The van der Waals surface area contributed by atoms with Crippen LogP contribution in [0.3, 0.4) is 0 Å². The predicted molar refractivity (Wildman–Crippen MR) is 48.1 cm³/mol. The second kappa shape index (κ2) is 5.26. The highest BCUT2D eigenvalue weighted by Crippen LogP contribution is 2.11. The van der Waals surface area contributed by atoms with Gasteiger partial charge in [0.1, 0.15) is 0 Å². The molecule has 11 heavy (non-hydrogen) atoms. The molecule has 0 saturated carbocycles.